The molecular formula is C24H19Cl2N3O2S. The molecule has 0 aliphatic rings. The molecule has 5 nitrogen and oxygen atoms in total. The minimum absolute atomic E-state index is 0.138. The first-order chi connectivity index (χ1) is 15.5. The van der Waals surface area contributed by atoms with Crippen molar-refractivity contribution in [2.45, 2.75) is 23.4 Å². The molecule has 1 aromatic heterocycles. The number of aromatic nitrogens is 2. The number of benzene rings is 3. The van der Waals surface area contributed by atoms with Gasteiger partial charge in [0.15, 0.2) is 12.4 Å². The van der Waals surface area contributed by atoms with Crippen LogP contribution in [0.2, 0.25) is 10.0 Å². The highest BCUT2D eigenvalue weighted by Gasteiger charge is 2.13. The summed E-state index contributed by atoms with van der Waals surface area (Å²) in [4.78, 5) is 14.7. The highest BCUT2D eigenvalue weighted by molar-refractivity contribution is 7.99. The highest BCUT2D eigenvalue weighted by atomic mass is 35.5. The Kier molecular flexibility index (Phi) is 7.05. The number of nitrogens with zero attached hydrogens (tertiary/aromatic N) is 2. The van der Waals surface area contributed by atoms with E-state index in [-0.39, 0.29) is 18.3 Å². The lowest BCUT2D eigenvalue weighted by molar-refractivity contribution is 0.102. The average molecular weight is 484 g/mol. The molecule has 0 unspecified atom stereocenters. The molecule has 0 fully saturated rings. The number of hydrogen-bond acceptors (Lipinski definition) is 4. The zero-order valence-electron chi connectivity index (χ0n) is 17.1. The summed E-state index contributed by atoms with van der Waals surface area (Å²) in [7, 11) is 0. The third kappa shape index (κ3) is 5.65. The molecule has 4 rings (SSSR count). The van der Waals surface area contributed by atoms with Crippen LogP contribution < -0.4 is 10.1 Å². The number of halogens is 2. The van der Waals surface area contributed by atoms with Crippen LogP contribution in [0.4, 0.5) is 5.69 Å². The van der Waals surface area contributed by atoms with E-state index in [1.54, 1.807) is 34.8 Å². The molecule has 0 saturated carbocycles. The number of nitrogens with one attached hydrogen (secondary N) is 1. The van der Waals surface area contributed by atoms with E-state index in [0.717, 1.165) is 15.4 Å². The predicted octanol–water partition coefficient (Wildman–Crippen LogP) is 6.94. The summed E-state index contributed by atoms with van der Waals surface area (Å²) in [6.07, 6.45) is 1.69. The van der Waals surface area contributed by atoms with Crippen LogP contribution in [0, 0.1) is 6.92 Å². The van der Waals surface area contributed by atoms with Crippen molar-refractivity contribution in [2.75, 3.05) is 5.32 Å². The highest BCUT2D eigenvalue weighted by Crippen LogP contribution is 2.34. The lowest BCUT2D eigenvalue weighted by Gasteiger charge is -2.10. The van der Waals surface area contributed by atoms with Crippen LogP contribution in [0.5, 0.6) is 5.75 Å². The maximum atomic E-state index is 12.8. The molecule has 32 heavy (non-hydrogen) atoms. The van der Waals surface area contributed by atoms with Crippen LogP contribution in [0.25, 0.3) is 0 Å². The Bertz CT molecular complexity index is 1240. The molecule has 4 aromatic rings. The summed E-state index contributed by atoms with van der Waals surface area (Å²) in [5.41, 5.74) is 2.03. The fourth-order valence-electron chi connectivity index (χ4n) is 2.89. The van der Waals surface area contributed by atoms with Gasteiger partial charge in [0.05, 0.1) is 10.7 Å². The van der Waals surface area contributed by atoms with Crippen molar-refractivity contribution in [3.8, 4) is 5.75 Å². The molecule has 162 valence electrons. The van der Waals surface area contributed by atoms with Crippen molar-refractivity contribution in [3.63, 3.8) is 0 Å². The van der Waals surface area contributed by atoms with Gasteiger partial charge in [-0.2, -0.15) is 5.10 Å². The van der Waals surface area contributed by atoms with Gasteiger partial charge in [-0.05, 0) is 67.1 Å². The van der Waals surface area contributed by atoms with E-state index >= 15 is 0 Å². The van der Waals surface area contributed by atoms with E-state index in [2.05, 4.69) is 10.4 Å². The van der Waals surface area contributed by atoms with Crippen LogP contribution in [0.3, 0.4) is 0 Å². The SMILES string of the molecule is Cc1ccc(Cl)c(OCn2ccc(C(=O)Nc3ccccc3Sc3ccc(Cl)cc3)n2)c1. The summed E-state index contributed by atoms with van der Waals surface area (Å²) in [5.74, 6) is 0.266. The van der Waals surface area contributed by atoms with E-state index in [1.807, 2.05) is 67.6 Å². The zero-order chi connectivity index (χ0) is 22.5. The first-order valence-electron chi connectivity index (χ1n) is 9.74. The Hall–Kier alpha value is -2.93. The van der Waals surface area contributed by atoms with Gasteiger partial charge in [0.1, 0.15) is 5.75 Å². The molecule has 1 amide bonds. The quantitative estimate of drug-likeness (QED) is 0.309. The Labute approximate surface area is 200 Å². The Balaban J connectivity index is 1.42. The van der Waals surface area contributed by atoms with Gasteiger partial charge in [-0.3, -0.25) is 4.79 Å². The maximum absolute atomic E-state index is 12.8. The molecule has 0 radical (unpaired) electrons. The van der Waals surface area contributed by atoms with Crippen LogP contribution in [-0.4, -0.2) is 15.7 Å². The summed E-state index contributed by atoms with van der Waals surface area (Å²) in [6, 6.07) is 22.4. The summed E-state index contributed by atoms with van der Waals surface area (Å²) in [6.45, 7) is 2.10. The van der Waals surface area contributed by atoms with Gasteiger partial charge >= 0.3 is 0 Å². The molecule has 0 aliphatic carbocycles. The predicted molar refractivity (Wildman–Crippen MR) is 129 cm³/mol. The number of para-hydroxylation sites is 1. The molecule has 0 atom stereocenters. The second kappa shape index (κ2) is 10.1. The monoisotopic (exact) mass is 483 g/mol. The number of aryl methyl sites for hydroxylation is 1. The van der Waals surface area contributed by atoms with E-state index in [1.165, 1.54) is 0 Å². The number of ether oxygens (including phenoxy) is 1. The number of rotatable bonds is 7. The summed E-state index contributed by atoms with van der Waals surface area (Å²) < 4.78 is 7.28. The third-order valence-electron chi connectivity index (χ3n) is 4.49. The van der Waals surface area contributed by atoms with Crippen molar-refractivity contribution in [3.05, 3.63) is 100 Å². The molecule has 0 spiro atoms. The number of amides is 1. The Morgan fingerprint density at radius 2 is 1.84 bits per heavy atom. The number of hydrogen-bond donors (Lipinski definition) is 1. The third-order valence-corrected chi connectivity index (χ3v) is 6.14. The molecule has 0 aliphatic heterocycles. The second-order valence-corrected chi connectivity index (χ2v) is 8.91. The van der Waals surface area contributed by atoms with Gasteiger partial charge < -0.3 is 10.1 Å². The van der Waals surface area contributed by atoms with Gasteiger partial charge in [-0.25, -0.2) is 4.68 Å². The first-order valence-corrected chi connectivity index (χ1v) is 11.3. The smallest absolute Gasteiger partial charge is 0.276 e. The van der Waals surface area contributed by atoms with Gasteiger partial charge in [0.25, 0.3) is 5.91 Å². The molecule has 3 aromatic carbocycles. The summed E-state index contributed by atoms with van der Waals surface area (Å²) >= 11 is 13.7. The normalized spacial score (nSPS) is 10.7. The zero-order valence-corrected chi connectivity index (χ0v) is 19.4. The number of anilines is 1. The van der Waals surface area contributed by atoms with Gasteiger partial charge in [0.2, 0.25) is 0 Å². The molecule has 8 heteroatoms. The average Bonchev–Trinajstić information content (AvgIpc) is 3.26. The van der Waals surface area contributed by atoms with Crippen molar-refractivity contribution >= 4 is 46.6 Å². The molecule has 1 N–H and O–H groups in total. The van der Waals surface area contributed by atoms with E-state index in [9.17, 15) is 4.79 Å². The molecular weight excluding hydrogens is 465 g/mol. The molecule has 0 bridgehead atoms. The standard InChI is InChI=1S/C24H19Cl2N3O2S/c1-16-6-11-19(26)22(14-16)31-15-29-13-12-21(28-29)24(30)27-20-4-2-3-5-23(20)32-18-9-7-17(25)8-10-18/h2-14H,15H2,1H3,(H,27,30). The number of carbonyl (C=O) groups excluding carboxylic acids is 1. The second-order valence-electron chi connectivity index (χ2n) is 6.95. The van der Waals surface area contributed by atoms with Crippen LogP contribution in [0.15, 0.2) is 88.8 Å². The van der Waals surface area contributed by atoms with Gasteiger partial charge in [0, 0.05) is 21.0 Å². The maximum Gasteiger partial charge on any atom is 0.276 e. The summed E-state index contributed by atoms with van der Waals surface area (Å²) in [5, 5.41) is 8.45. The van der Waals surface area contributed by atoms with Crippen molar-refractivity contribution in [2.24, 2.45) is 0 Å². The minimum Gasteiger partial charge on any atom is -0.470 e. The molecule has 1 heterocycles. The Morgan fingerprint density at radius 3 is 2.66 bits per heavy atom. The lowest BCUT2D eigenvalue weighted by atomic mass is 10.2. The van der Waals surface area contributed by atoms with E-state index in [4.69, 9.17) is 27.9 Å². The van der Waals surface area contributed by atoms with Crippen LogP contribution in [0.1, 0.15) is 16.1 Å². The van der Waals surface area contributed by atoms with Gasteiger partial charge in [-0.1, -0.05) is 53.2 Å². The fourth-order valence-corrected chi connectivity index (χ4v) is 4.09. The Morgan fingerprint density at radius 1 is 1.06 bits per heavy atom. The van der Waals surface area contributed by atoms with Gasteiger partial charge in [-0.15, -0.1) is 0 Å². The lowest BCUT2D eigenvalue weighted by Crippen LogP contribution is -2.14. The number of carbonyl (C=O) groups is 1. The largest absolute Gasteiger partial charge is 0.470 e. The minimum atomic E-state index is -0.304. The first kappa shape index (κ1) is 22.3. The van der Waals surface area contributed by atoms with E-state index < -0.39 is 0 Å². The molecule has 0 saturated heterocycles. The van der Waals surface area contributed by atoms with Crippen LogP contribution in [-0.2, 0) is 6.73 Å². The van der Waals surface area contributed by atoms with Crippen molar-refractivity contribution < 1.29 is 9.53 Å². The van der Waals surface area contributed by atoms with Crippen molar-refractivity contribution in [1.82, 2.24) is 9.78 Å². The topological polar surface area (TPSA) is 56.1 Å². The van der Waals surface area contributed by atoms with Crippen LogP contribution >= 0.6 is 35.0 Å². The fraction of sp³-hybridized carbons (Fsp3) is 0.0833. The van der Waals surface area contributed by atoms with Crippen molar-refractivity contribution in [1.29, 1.82) is 0 Å². The van der Waals surface area contributed by atoms with E-state index in [0.29, 0.717) is 21.5 Å².